The SMILES string of the molecule is C1=Cc2c(n(-c3ccc4sc5ccccc5c4c3)c3ccc(-c4cccc(-n5c6ccccc6c6ccccc65)c4)cc23)CC1. The number of nitrogens with zero attached hydrogens (tertiary/aromatic N) is 2. The molecule has 0 saturated heterocycles. The molecule has 0 fully saturated rings. The summed E-state index contributed by atoms with van der Waals surface area (Å²) in [5.74, 6) is 0. The van der Waals surface area contributed by atoms with Crippen molar-refractivity contribution in [2.75, 3.05) is 0 Å². The van der Waals surface area contributed by atoms with E-state index in [9.17, 15) is 0 Å². The lowest BCUT2D eigenvalue weighted by molar-refractivity contribution is 0.889. The number of fused-ring (bicyclic) bond motifs is 9. The zero-order valence-corrected chi connectivity index (χ0v) is 25.4. The minimum absolute atomic E-state index is 1.04. The van der Waals surface area contributed by atoms with Crippen LogP contribution < -0.4 is 0 Å². The first-order chi connectivity index (χ1) is 22.3. The summed E-state index contributed by atoms with van der Waals surface area (Å²) in [5.41, 5.74) is 11.4. The third-order valence-electron chi connectivity index (χ3n) is 9.58. The van der Waals surface area contributed by atoms with Crippen LogP contribution in [0.3, 0.4) is 0 Å². The topological polar surface area (TPSA) is 9.86 Å². The van der Waals surface area contributed by atoms with Gasteiger partial charge in [0, 0.05) is 59.0 Å². The fourth-order valence-electron chi connectivity index (χ4n) is 7.57. The third kappa shape index (κ3) is 3.68. The third-order valence-corrected chi connectivity index (χ3v) is 10.7. The molecule has 9 aromatic rings. The zero-order chi connectivity index (χ0) is 29.5. The van der Waals surface area contributed by atoms with Crippen molar-refractivity contribution in [1.29, 1.82) is 0 Å². The van der Waals surface area contributed by atoms with Crippen molar-refractivity contribution < 1.29 is 0 Å². The molecule has 0 radical (unpaired) electrons. The number of aromatic nitrogens is 2. The second kappa shape index (κ2) is 9.56. The molecule has 0 atom stereocenters. The Balaban J connectivity index is 1.15. The molecule has 3 heterocycles. The van der Waals surface area contributed by atoms with E-state index in [4.69, 9.17) is 0 Å². The zero-order valence-electron chi connectivity index (χ0n) is 24.6. The smallest absolute Gasteiger partial charge is 0.0541 e. The van der Waals surface area contributed by atoms with Crippen LogP contribution >= 0.6 is 11.3 Å². The number of thiophene rings is 1. The Labute approximate surface area is 264 Å². The van der Waals surface area contributed by atoms with E-state index >= 15 is 0 Å². The lowest BCUT2D eigenvalue weighted by atomic mass is 9.98. The highest BCUT2D eigenvalue weighted by atomic mass is 32.1. The molecule has 0 amide bonds. The quantitative estimate of drug-likeness (QED) is 0.193. The minimum atomic E-state index is 1.04. The van der Waals surface area contributed by atoms with E-state index < -0.39 is 0 Å². The minimum Gasteiger partial charge on any atom is -0.313 e. The number of hydrogen-bond acceptors (Lipinski definition) is 1. The van der Waals surface area contributed by atoms with Crippen molar-refractivity contribution in [3.05, 3.63) is 151 Å². The highest BCUT2D eigenvalue weighted by Crippen LogP contribution is 2.40. The second-order valence-electron chi connectivity index (χ2n) is 12.1. The Morgan fingerprint density at radius 2 is 1.16 bits per heavy atom. The summed E-state index contributed by atoms with van der Waals surface area (Å²) in [5, 5.41) is 6.57. The first kappa shape index (κ1) is 25.0. The van der Waals surface area contributed by atoms with Gasteiger partial charge in [0.25, 0.3) is 0 Å². The van der Waals surface area contributed by atoms with Crippen LogP contribution in [0.15, 0.2) is 140 Å². The van der Waals surface area contributed by atoms with E-state index in [1.54, 1.807) is 0 Å². The van der Waals surface area contributed by atoms with E-state index in [-0.39, 0.29) is 0 Å². The number of benzene rings is 6. The average Bonchev–Trinajstić information content (AvgIpc) is 3.75. The first-order valence-corrected chi connectivity index (χ1v) is 16.5. The predicted octanol–water partition coefficient (Wildman–Crippen LogP) is 11.7. The van der Waals surface area contributed by atoms with Crippen LogP contribution in [0.4, 0.5) is 0 Å². The number of para-hydroxylation sites is 2. The van der Waals surface area contributed by atoms with Gasteiger partial charge in [-0.15, -0.1) is 11.3 Å². The maximum atomic E-state index is 2.51. The molecule has 0 bridgehead atoms. The van der Waals surface area contributed by atoms with Crippen LogP contribution in [0, 0.1) is 0 Å². The Morgan fingerprint density at radius 1 is 0.467 bits per heavy atom. The van der Waals surface area contributed by atoms with Gasteiger partial charge in [-0.3, -0.25) is 0 Å². The molecule has 45 heavy (non-hydrogen) atoms. The molecule has 10 rings (SSSR count). The lowest BCUT2D eigenvalue weighted by Crippen LogP contribution is -2.02. The summed E-state index contributed by atoms with van der Waals surface area (Å²) in [7, 11) is 0. The normalized spacial score (nSPS) is 13.1. The summed E-state index contributed by atoms with van der Waals surface area (Å²) < 4.78 is 7.60. The standard InChI is InChI=1S/C42H28N2S/c1-5-16-37-31(12-1)32-13-2-6-17-38(32)43(37)29-11-9-10-27(24-29)28-20-22-40-35(25-28)33-14-3-7-18-39(33)44(40)30-21-23-42-36(26-30)34-15-4-8-19-41(34)45-42/h1-6,8-17,19-26H,7,18H2. The van der Waals surface area contributed by atoms with E-state index in [0.29, 0.717) is 0 Å². The Morgan fingerprint density at radius 3 is 2.00 bits per heavy atom. The van der Waals surface area contributed by atoms with Gasteiger partial charge < -0.3 is 9.13 Å². The molecule has 1 aliphatic carbocycles. The molecule has 0 N–H and O–H groups in total. The summed E-state index contributed by atoms with van der Waals surface area (Å²) in [6.45, 7) is 0. The van der Waals surface area contributed by atoms with Gasteiger partial charge in [0.1, 0.15) is 0 Å². The average molecular weight is 593 g/mol. The molecule has 0 saturated carbocycles. The summed E-state index contributed by atoms with van der Waals surface area (Å²) in [6, 6.07) is 49.3. The van der Waals surface area contributed by atoms with E-state index in [1.165, 1.54) is 86.6 Å². The summed E-state index contributed by atoms with van der Waals surface area (Å²) in [6.07, 6.45) is 6.79. The van der Waals surface area contributed by atoms with Crippen molar-refractivity contribution in [3.63, 3.8) is 0 Å². The molecule has 3 heteroatoms. The van der Waals surface area contributed by atoms with Gasteiger partial charge in [-0.05, 0) is 84.6 Å². The first-order valence-electron chi connectivity index (χ1n) is 15.7. The number of allylic oxidation sites excluding steroid dienone is 1. The molecular formula is C42H28N2S. The van der Waals surface area contributed by atoms with Crippen molar-refractivity contribution in [3.8, 4) is 22.5 Å². The van der Waals surface area contributed by atoms with E-state index in [1.807, 2.05) is 11.3 Å². The molecule has 2 nitrogen and oxygen atoms in total. The van der Waals surface area contributed by atoms with Crippen LogP contribution in [0.25, 0.3) is 81.5 Å². The molecular weight excluding hydrogens is 565 g/mol. The van der Waals surface area contributed by atoms with Gasteiger partial charge in [-0.1, -0.05) is 84.9 Å². The van der Waals surface area contributed by atoms with Crippen LogP contribution in [0.2, 0.25) is 0 Å². The summed E-state index contributed by atoms with van der Waals surface area (Å²) in [4.78, 5) is 0. The molecule has 0 unspecified atom stereocenters. The number of hydrogen-bond donors (Lipinski definition) is 0. The second-order valence-corrected chi connectivity index (χ2v) is 13.2. The van der Waals surface area contributed by atoms with Crippen molar-refractivity contribution >= 4 is 70.3 Å². The molecule has 0 aliphatic heterocycles. The van der Waals surface area contributed by atoms with Gasteiger partial charge in [0.15, 0.2) is 0 Å². The molecule has 1 aliphatic rings. The van der Waals surface area contributed by atoms with Gasteiger partial charge in [-0.25, -0.2) is 0 Å². The van der Waals surface area contributed by atoms with Gasteiger partial charge >= 0.3 is 0 Å². The van der Waals surface area contributed by atoms with Crippen LogP contribution in [0.5, 0.6) is 0 Å². The lowest BCUT2D eigenvalue weighted by Gasteiger charge is -2.13. The van der Waals surface area contributed by atoms with E-state index in [2.05, 4.69) is 155 Å². The predicted molar refractivity (Wildman–Crippen MR) is 193 cm³/mol. The fraction of sp³-hybridized carbons (Fsp3) is 0.0476. The summed E-state index contributed by atoms with van der Waals surface area (Å²) >= 11 is 1.88. The molecule has 212 valence electrons. The van der Waals surface area contributed by atoms with Gasteiger partial charge in [0.2, 0.25) is 0 Å². The maximum absolute atomic E-state index is 2.51. The van der Waals surface area contributed by atoms with Crippen molar-refractivity contribution in [2.45, 2.75) is 12.8 Å². The fourth-order valence-corrected chi connectivity index (χ4v) is 8.66. The maximum Gasteiger partial charge on any atom is 0.0541 e. The molecule has 3 aromatic heterocycles. The van der Waals surface area contributed by atoms with Crippen LogP contribution in [-0.4, -0.2) is 9.13 Å². The van der Waals surface area contributed by atoms with E-state index in [0.717, 1.165) is 12.8 Å². The molecule has 0 spiro atoms. The van der Waals surface area contributed by atoms with Crippen molar-refractivity contribution in [1.82, 2.24) is 9.13 Å². The highest BCUT2D eigenvalue weighted by Gasteiger charge is 2.20. The Hall–Kier alpha value is -5.38. The highest BCUT2D eigenvalue weighted by molar-refractivity contribution is 7.25. The van der Waals surface area contributed by atoms with Gasteiger partial charge in [-0.2, -0.15) is 0 Å². The monoisotopic (exact) mass is 592 g/mol. The van der Waals surface area contributed by atoms with Crippen LogP contribution in [-0.2, 0) is 6.42 Å². The number of rotatable bonds is 3. The van der Waals surface area contributed by atoms with Gasteiger partial charge in [0.05, 0.1) is 16.6 Å². The largest absolute Gasteiger partial charge is 0.313 e. The Bertz CT molecular complexity index is 2610. The Kier molecular flexibility index (Phi) is 5.31. The molecule has 6 aromatic carbocycles. The van der Waals surface area contributed by atoms with Crippen molar-refractivity contribution in [2.24, 2.45) is 0 Å². The van der Waals surface area contributed by atoms with Crippen LogP contribution in [0.1, 0.15) is 17.7 Å².